The third-order valence-electron chi connectivity index (χ3n) is 5.83. The molecule has 1 fully saturated rings. The van der Waals surface area contributed by atoms with Gasteiger partial charge in [0, 0.05) is 6.08 Å². The van der Waals surface area contributed by atoms with Gasteiger partial charge >= 0.3 is 5.97 Å². The number of hydrogen-bond donors (Lipinski definition) is 1. The van der Waals surface area contributed by atoms with E-state index in [1.807, 2.05) is 24.3 Å². The lowest BCUT2D eigenvalue weighted by molar-refractivity contribution is -0.137. The molecule has 2 aromatic rings. The number of phenolic OH excluding ortho intramolecular Hbond substituents is 1. The van der Waals surface area contributed by atoms with E-state index in [1.165, 1.54) is 23.8 Å². The largest absolute Gasteiger partial charge is 0.505 e. The summed E-state index contributed by atoms with van der Waals surface area (Å²) >= 11 is 0. The normalized spacial score (nSPS) is 17.4. The molecule has 0 unspecified atom stereocenters. The first-order chi connectivity index (χ1) is 15.0. The van der Waals surface area contributed by atoms with Gasteiger partial charge in [-0.15, -0.1) is 0 Å². The highest BCUT2D eigenvalue weighted by Crippen LogP contribution is 2.51. The average molecular weight is 437 g/mol. The van der Waals surface area contributed by atoms with Crippen LogP contribution in [0.3, 0.4) is 0 Å². The van der Waals surface area contributed by atoms with Crippen LogP contribution in [-0.2, 0) is 9.53 Å². The Labute approximate surface area is 190 Å². The molecule has 32 heavy (non-hydrogen) atoms. The second-order valence-corrected chi connectivity index (χ2v) is 10.2. The first-order valence-electron chi connectivity index (χ1n) is 11.2. The molecule has 1 N–H and O–H groups in total. The number of hydrogen-bond acceptors (Lipinski definition) is 3. The van der Waals surface area contributed by atoms with Crippen LogP contribution in [-0.4, -0.2) is 17.7 Å². The number of allylic oxidation sites excluding steroid dienone is 1. The molecule has 1 aliphatic carbocycles. The zero-order valence-corrected chi connectivity index (χ0v) is 19.7. The predicted molar refractivity (Wildman–Crippen MR) is 128 cm³/mol. The van der Waals surface area contributed by atoms with E-state index in [0.29, 0.717) is 6.61 Å². The SMILES string of the molecule is CCOC(=O)C=Cc1ccc(C(=C2CC(C)(C)CC(C)(C)C2)c2ccc(O)c(F)c2)cc1. The van der Waals surface area contributed by atoms with E-state index >= 15 is 0 Å². The van der Waals surface area contributed by atoms with Crippen LogP contribution in [0, 0.1) is 16.6 Å². The van der Waals surface area contributed by atoms with Crippen molar-refractivity contribution in [3.8, 4) is 5.75 Å². The van der Waals surface area contributed by atoms with Crippen molar-refractivity contribution in [2.45, 2.75) is 53.9 Å². The van der Waals surface area contributed by atoms with Gasteiger partial charge in [-0.2, -0.15) is 0 Å². The molecule has 1 aliphatic rings. The lowest BCUT2D eigenvalue weighted by atomic mass is 9.62. The van der Waals surface area contributed by atoms with Crippen molar-refractivity contribution in [3.63, 3.8) is 0 Å². The Bertz CT molecular complexity index is 1020. The molecule has 170 valence electrons. The number of carbonyl (C=O) groups excluding carboxylic acids is 1. The molecule has 0 saturated heterocycles. The van der Waals surface area contributed by atoms with Crippen LogP contribution in [0.4, 0.5) is 4.39 Å². The van der Waals surface area contributed by atoms with E-state index < -0.39 is 5.82 Å². The lowest BCUT2D eigenvalue weighted by Gasteiger charge is -2.43. The molecule has 4 heteroatoms. The summed E-state index contributed by atoms with van der Waals surface area (Å²) in [5, 5.41) is 9.71. The van der Waals surface area contributed by atoms with Gasteiger partial charge in [-0.25, -0.2) is 9.18 Å². The molecule has 0 spiro atoms. The zero-order chi connectivity index (χ0) is 23.5. The van der Waals surface area contributed by atoms with Gasteiger partial charge in [0.25, 0.3) is 0 Å². The highest BCUT2D eigenvalue weighted by Gasteiger charge is 2.37. The maximum atomic E-state index is 14.3. The molecule has 3 rings (SSSR count). The summed E-state index contributed by atoms with van der Waals surface area (Å²) in [6.45, 7) is 11.3. The van der Waals surface area contributed by atoms with E-state index in [1.54, 1.807) is 19.1 Å². The maximum absolute atomic E-state index is 14.3. The summed E-state index contributed by atoms with van der Waals surface area (Å²) in [6, 6.07) is 12.5. The quantitative estimate of drug-likeness (QED) is 0.400. The summed E-state index contributed by atoms with van der Waals surface area (Å²) in [6.07, 6.45) is 6.12. The predicted octanol–water partition coefficient (Wildman–Crippen LogP) is 7.15. The zero-order valence-electron chi connectivity index (χ0n) is 19.7. The van der Waals surface area contributed by atoms with E-state index in [0.717, 1.165) is 41.5 Å². The third-order valence-corrected chi connectivity index (χ3v) is 5.83. The van der Waals surface area contributed by atoms with Gasteiger partial charge in [0.2, 0.25) is 0 Å². The summed E-state index contributed by atoms with van der Waals surface area (Å²) in [7, 11) is 0. The average Bonchev–Trinajstić information content (AvgIpc) is 2.68. The summed E-state index contributed by atoms with van der Waals surface area (Å²) < 4.78 is 19.2. The monoisotopic (exact) mass is 436 g/mol. The minimum absolute atomic E-state index is 0.139. The smallest absolute Gasteiger partial charge is 0.330 e. The number of phenols is 1. The third kappa shape index (κ3) is 5.87. The molecular weight excluding hydrogens is 403 g/mol. The van der Waals surface area contributed by atoms with E-state index in [2.05, 4.69) is 27.7 Å². The Hall–Kier alpha value is -2.88. The molecule has 0 heterocycles. The van der Waals surface area contributed by atoms with Crippen molar-refractivity contribution < 1.29 is 19.0 Å². The molecule has 2 aromatic carbocycles. The van der Waals surface area contributed by atoms with Gasteiger partial charge in [-0.3, -0.25) is 0 Å². The van der Waals surface area contributed by atoms with Gasteiger partial charge in [-0.1, -0.05) is 63.6 Å². The van der Waals surface area contributed by atoms with E-state index in [9.17, 15) is 14.3 Å². The van der Waals surface area contributed by atoms with Crippen LogP contribution in [0.15, 0.2) is 54.1 Å². The van der Waals surface area contributed by atoms with E-state index in [-0.39, 0.29) is 22.5 Å². The fourth-order valence-electron chi connectivity index (χ4n) is 5.17. The fraction of sp³-hybridized carbons (Fsp3) is 0.393. The Kier molecular flexibility index (Phi) is 6.92. The number of rotatable bonds is 5. The van der Waals surface area contributed by atoms with Crippen LogP contribution in [0.5, 0.6) is 5.75 Å². The Morgan fingerprint density at radius 1 is 1.03 bits per heavy atom. The topological polar surface area (TPSA) is 46.5 Å². The number of ether oxygens (including phenoxy) is 1. The number of benzene rings is 2. The van der Waals surface area contributed by atoms with Gasteiger partial charge in [0.05, 0.1) is 6.61 Å². The van der Waals surface area contributed by atoms with Crippen molar-refractivity contribution in [3.05, 3.63) is 76.6 Å². The molecule has 1 saturated carbocycles. The van der Waals surface area contributed by atoms with Crippen LogP contribution in [0.25, 0.3) is 11.6 Å². The van der Waals surface area contributed by atoms with Gasteiger partial charge in [0.15, 0.2) is 11.6 Å². The van der Waals surface area contributed by atoms with Crippen LogP contribution in [0.2, 0.25) is 0 Å². The maximum Gasteiger partial charge on any atom is 0.330 e. The van der Waals surface area contributed by atoms with Crippen LogP contribution >= 0.6 is 0 Å². The van der Waals surface area contributed by atoms with Crippen LogP contribution < -0.4 is 0 Å². The summed E-state index contributed by atoms with van der Waals surface area (Å²) in [5.74, 6) is -1.34. The van der Waals surface area contributed by atoms with Crippen molar-refractivity contribution in [2.75, 3.05) is 6.61 Å². The number of aromatic hydroxyl groups is 1. The number of esters is 1. The van der Waals surface area contributed by atoms with Crippen molar-refractivity contribution in [1.82, 2.24) is 0 Å². The molecule has 0 amide bonds. The van der Waals surface area contributed by atoms with Crippen LogP contribution in [0.1, 0.15) is 70.6 Å². The van der Waals surface area contributed by atoms with Crippen molar-refractivity contribution in [1.29, 1.82) is 0 Å². The standard InChI is InChI=1S/C28H33FO3/c1-6-32-25(31)14-9-19-7-10-20(11-8-19)26(21-12-13-24(30)23(29)15-21)22-16-27(2,3)18-28(4,5)17-22/h7-15,30H,6,16-18H2,1-5H3. The molecular formula is C28H33FO3. The molecule has 0 atom stereocenters. The second-order valence-electron chi connectivity index (χ2n) is 10.2. The van der Waals surface area contributed by atoms with Crippen molar-refractivity contribution in [2.24, 2.45) is 10.8 Å². The summed E-state index contributed by atoms with van der Waals surface area (Å²) in [4.78, 5) is 11.6. The lowest BCUT2D eigenvalue weighted by Crippen LogP contribution is -2.30. The number of carbonyl (C=O) groups is 1. The second kappa shape index (κ2) is 9.32. The van der Waals surface area contributed by atoms with Gasteiger partial charge in [-0.05, 0) is 77.5 Å². The fourth-order valence-corrected chi connectivity index (χ4v) is 5.17. The highest BCUT2D eigenvalue weighted by atomic mass is 19.1. The first-order valence-corrected chi connectivity index (χ1v) is 11.2. The summed E-state index contributed by atoms with van der Waals surface area (Å²) in [5.41, 5.74) is 5.23. The van der Waals surface area contributed by atoms with Gasteiger partial charge in [0.1, 0.15) is 0 Å². The Morgan fingerprint density at radius 2 is 1.62 bits per heavy atom. The molecule has 0 bridgehead atoms. The Morgan fingerprint density at radius 3 is 2.19 bits per heavy atom. The highest BCUT2D eigenvalue weighted by molar-refractivity contribution is 5.87. The van der Waals surface area contributed by atoms with Gasteiger partial charge < -0.3 is 9.84 Å². The van der Waals surface area contributed by atoms with Crippen molar-refractivity contribution >= 4 is 17.6 Å². The Balaban J connectivity index is 2.07. The first kappa shape index (κ1) is 23.8. The molecule has 0 aromatic heterocycles. The minimum atomic E-state index is -0.621. The molecule has 0 radical (unpaired) electrons. The van der Waals surface area contributed by atoms with E-state index in [4.69, 9.17) is 4.74 Å². The molecule has 3 nitrogen and oxygen atoms in total. The minimum Gasteiger partial charge on any atom is -0.505 e. The number of halogens is 1. The molecule has 0 aliphatic heterocycles.